The van der Waals surface area contributed by atoms with Crippen molar-refractivity contribution in [1.82, 2.24) is 0 Å². The van der Waals surface area contributed by atoms with Crippen LogP contribution in [0.25, 0.3) is 0 Å². The van der Waals surface area contributed by atoms with E-state index in [9.17, 15) is 0 Å². The smallest absolute Gasteiger partial charge is 0.109 e. The first-order valence-corrected chi connectivity index (χ1v) is 4.91. The van der Waals surface area contributed by atoms with Gasteiger partial charge in [-0.2, -0.15) is 0 Å². The number of benzene rings is 1. The third-order valence-corrected chi connectivity index (χ3v) is 2.26. The zero-order valence-electron chi connectivity index (χ0n) is 7.03. The van der Waals surface area contributed by atoms with Crippen molar-refractivity contribution in [3.63, 3.8) is 0 Å². The third kappa shape index (κ3) is 2.22. The second kappa shape index (κ2) is 3.79. The number of halogens is 1. The SMILES string of the molecule is Brc1coc(Cc2ccccc2)c1. The van der Waals surface area contributed by atoms with Gasteiger partial charge < -0.3 is 4.42 Å². The molecule has 0 amide bonds. The van der Waals surface area contributed by atoms with E-state index < -0.39 is 0 Å². The lowest BCUT2D eigenvalue weighted by molar-refractivity contribution is 0.520. The van der Waals surface area contributed by atoms with Crippen molar-refractivity contribution < 1.29 is 4.42 Å². The number of hydrogen-bond donors (Lipinski definition) is 0. The first-order valence-electron chi connectivity index (χ1n) is 4.11. The molecule has 0 radical (unpaired) electrons. The highest BCUT2D eigenvalue weighted by Crippen LogP contribution is 2.16. The lowest BCUT2D eigenvalue weighted by Crippen LogP contribution is -1.83. The monoisotopic (exact) mass is 236 g/mol. The molecule has 0 bridgehead atoms. The van der Waals surface area contributed by atoms with E-state index in [4.69, 9.17) is 4.42 Å². The summed E-state index contributed by atoms with van der Waals surface area (Å²) in [7, 11) is 0. The van der Waals surface area contributed by atoms with Crippen LogP contribution in [0, 0.1) is 0 Å². The Labute approximate surface area is 85.5 Å². The first-order chi connectivity index (χ1) is 6.34. The summed E-state index contributed by atoms with van der Waals surface area (Å²) < 4.78 is 6.32. The molecule has 1 aromatic heterocycles. The molecule has 0 aliphatic rings. The highest BCUT2D eigenvalue weighted by molar-refractivity contribution is 9.10. The zero-order valence-corrected chi connectivity index (χ0v) is 8.62. The van der Waals surface area contributed by atoms with E-state index >= 15 is 0 Å². The number of hydrogen-bond acceptors (Lipinski definition) is 1. The van der Waals surface area contributed by atoms with Gasteiger partial charge in [0.1, 0.15) is 12.0 Å². The molecular weight excluding hydrogens is 228 g/mol. The maximum atomic E-state index is 5.32. The van der Waals surface area contributed by atoms with Gasteiger partial charge in [-0.15, -0.1) is 0 Å². The maximum absolute atomic E-state index is 5.32. The quantitative estimate of drug-likeness (QED) is 0.777. The molecule has 0 spiro atoms. The Kier molecular flexibility index (Phi) is 2.50. The Hall–Kier alpha value is -1.02. The molecule has 0 aliphatic carbocycles. The maximum Gasteiger partial charge on any atom is 0.109 e. The molecule has 2 heteroatoms. The van der Waals surface area contributed by atoms with Gasteiger partial charge in [-0.05, 0) is 27.6 Å². The van der Waals surface area contributed by atoms with Gasteiger partial charge in [0.15, 0.2) is 0 Å². The van der Waals surface area contributed by atoms with Crippen LogP contribution in [-0.2, 0) is 6.42 Å². The molecule has 0 aliphatic heterocycles. The summed E-state index contributed by atoms with van der Waals surface area (Å²) in [5.41, 5.74) is 1.27. The van der Waals surface area contributed by atoms with Crippen LogP contribution in [0.3, 0.4) is 0 Å². The Morgan fingerprint density at radius 2 is 1.92 bits per heavy atom. The van der Waals surface area contributed by atoms with Crippen molar-refractivity contribution >= 4 is 15.9 Å². The first kappa shape index (κ1) is 8.57. The Bertz CT molecular complexity index is 378. The minimum Gasteiger partial charge on any atom is -0.468 e. The fraction of sp³-hybridized carbons (Fsp3) is 0.0909. The lowest BCUT2D eigenvalue weighted by atomic mass is 10.1. The second-order valence-electron chi connectivity index (χ2n) is 2.89. The summed E-state index contributed by atoms with van der Waals surface area (Å²) in [6.07, 6.45) is 2.56. The molecule has 0 unspecified atom stereocenters. The van der Waals surface area contributed by atoms with Gasteiger partial charge in [0, 0.05) is 6.42 Å². The van der Waals surface area contributed by atoms with Crippen LogP contribution in [0.15, 0.2) is 51.6 Å². The minimum atomic E-state index is 0.854. The largest absolute Gasteiger partial charge is 0.468 e. The fourth-order valence-electron chi connectivity index (χ4n) is 1.24. The summed E-state index contributed by atoms with van der Waals surface area (Å²) in [6, 6.07) is 12.3. The summed E-state index contributed by atoms with van der Waals surface area (Å²) in [4.78, 5) is 0. The Balaban J connectivity index is 2.15. The van der Waals surface area contributed by atoms with Gasteiger partial charge in [-0.25, -0.2) is 0 Å². The fourth-order valence-corrected chi connectivity index (χ4v) is 1.59. The van der Waals surface area contributed by atoms with Crippen LogP contribution in [-0.4, -0.2) is 0 Å². The average molecular weight is 237 g/mol. The Morgan fingerprint density at radius 3 is 2.54 bits per heavy atom. The van der Waals surface area contributed by atoms with E-state index in [-0.39, 0.29) is 0 Å². The van der Waals surface area contributed by atoms with Crippen molar-refractivity contribution in [1.29, 1.82) is 0 Å². The van der Waals surface area contributed by atoms with E-state index in [0.717, 1.165) is 16.7 Å². The highest BCUT2D eigenvalue weighted by atomic mass is 79.9. The van der Waals surface area contributed by atoms with Crippen LogP contribution in [0.4, 0.5) is 0 Å². The van der Waals surface area contributed by atoms with Crippen molar-refractivity contribution in [2.45, 2.75) is 6.42 Å². The molecule has 1 aromatic carbocycles. The average Bonchev–Trinajstić information content (AvgIpc) is 2.53. The predicted octanol–water partition coefficient (Wildman–Crippen LogP) is 3.63. The summed E-state index contributed by atoms with van der Waals surface area (Å²) >= 11 is 3.35. The predicted molar refractivity (Wildman–Crippen MR) is 55.7 cm³/mol. The topological polar surface area (TPSA) is 13.1 Å². The van der Waals surface area contributed by atoms with Gasteiger partial charge in [-0.3, -0.25) is 0 Å². The summed E-state index contributed by atoms with van der Waals surface area (Å²) in [6.45, 7) is 0. The van der Waals surface area contributed by atoms with E-state index in [1.807, 2.05) is 24.3 Å². The van der Waals surface area contributed by atoms with Crippen molar-refractivity contribution in [3.8, 4) is 0 Å². The molecule has 0 N–H and O–H groups in total. The zero-order chi connectivity index (χ0) is 9.10. The van der Waals surface area contributed by atoms with E-state index in [2.05, 4.69) is 28.1 Å². The molecule has 0 atom stereocenters. The summed E-state index contributed by atoms with van der Waals surface area (Å²) in [5, 5.41) is 0. The van der Waals surface area contributed by atoms with Gasteiger partial charge in [0.05, 0.1) is 4.47 Å². The van der Waals surface area contributed by atoms with Crippen LogP contribution in [0.2, 0.25) is 0 Å². The molecule has 1 heterocycles. The van der Waals surface area contributed by atoms with Crippen LogP contribution in [0.5, 0.6) is 0 Å². The van der Waals surface area contributed by atoms with E-state index in [1.54, 1.807) is 6.26 Å². The van der Waals surface area contributed by atoms with Crippen LogP contribution in [0.1, 0.15) is 11.3 Å². The van der Waals surface area contributed by atoms with Crippen LogP contribution >= 0.6 is 15.9 Å². The van der Waals surface area contributed by atoms with E-state index in [0.29, 0.717) is 0 Å². The lowest BCUT2D eigenvalue weighted by Gasteiger charge is -1.95. The molecule has 0 saturated heterocycles. The highest BCUT2D eigenvalue weighted by Gasteiger charge is 1.99. The molecule has 1 nitrogen and oxygen atoms in total. The molecule has 0 saturated carbocycles. The minimum absolute atomic E-state index is 0.854. The summed E-state index contributed by atoms with van der Waals surface area (Å²) in [5.74, 6) is 0.984. The molecule has 2 aromatic rings. The standard InChI is InChI=1S/C11H9BrO/c12-10-7-11(13-8-10)6-9-4-2-1-3-5-9/h1-5,7-8H,6H2. The molecule has 2 rings (SSSR count). The van der Waals surface area contributed by atoms with Crippen LogP contribution < -0.4 is 0 Å². The third-order valence-electron chi connectivity index (χ3n) is 1.84. The van der Waals surface area contributed by atoms with E-state index in [1.165, 1.54) is 5.56 Å². The van der Waals surface area contributed by atoms with Gasteiger partial charge in [0.2, 0.25) is 0 Å². The number of rotatable bonds is 2. The Morgan fingerprint density at radius 1 is 1.15 bits per heavy atom. The number of furan rings is 1. The molecule has 66 valence electrons. The normalized spacial score (nSPS) is 10.2. The molecular formula is C11H9BrO. The van der Waals surface area contributed by atoms with Crippen molar-refractivity contribution in [2.75, 3.05) is 0 Å². The second-order valence-corrected chi connectivity index (χ2v) is 3.81. The molecule has 0 fully saturated rings. The van der Waals surface area contributed by atoms with Gasteiger partial charge in [0.25, 0.3) is 0 Å². The van der Waals surface area contributed by atoms with Gasteiger partial charge in [-0.1, -0.05) is 30.3 Å². The van der Waals surface area contributed by atoms with Crippen molar-refractivity contribution in [3.05, 3.63) is 58.5 Å². The molecule has 13 heavy (non-hydrogen) atoms. The van der Waals surface area contributed by atoms with Crippen molar-refractivity contribution in [2.24, 2.45) is 0 Å². The van der Waals surface area contributed by atoms with Gasteiger partial charge >= 0.3 is 0 Å².